The van der Waals surface area contributed by atoms with Crippen molar-refractivity contribution in [3.05, 3.63) is 95.7 Å². The van der Waals surface area contributed by atoms with Gasteiger partial charge in [0, 0.05) is 40.2 Å². The van der Waals surface area contributed by atoms with Gasteiger partial charge in [0.1, 0.15) is 11.2 Å². The molecule has 0 atom stereocenters. The van der Waals surface area contributed by atoms with Gasteiger partial charge >= 0.3 is 5.63 Å². The zero-order chi connectivity index (χ0) is 27.6. The van der Waals surface area contributed by atoms with Crippen molar-refractivity contribution in [3.63, 3.8) is 0 Å². The second-order valence-electron chi connectivity index (χ2n) is 9.18. The summed E-state index contributed by atoms with van der Waals surface area (Å²) in [5, 5.41) is 6.53. The zero-order valence-corrected chi connectivity index (χ0v) is 24.1. The lowest BCUT2D eigenvalue weighted by molar-refractivity contribution is 0.202. The number of halogens is 2. The molecule has 2 N–H and O–H groups in total. The van der Waals surface area contributed by atoms with Crippen molar-refractivity contribution >= 4 is 50.5 Å². The summed E-state index contributed by atoms with van der Waals surface area (Å²) < 4.78 is 28.3. The monoisotopic (exact) mass is 631 g/mol. The molecule has 1 aliphatic carbocycles. The average Bonchev–Trinajstić information content (AvgIpc) is 3.71. The van der Waals surface area contributed by atoms with Crippen LogP contribution in [0.5, 0.6) is 0 Å². The van der Waals surface area contributed by atoms with Gasteiger partial charge in [-0.3, -0.25) is 4.79 Å². The minimum absolute atomic E-state index is 0.0570. The molecule has 4 rings (SSSR count). The van der Waals surface area contributed by atoms with E-state index in [0.29, 0.717) is 24.4 Å². The maximum atomic E-state index is 14.8. The number of hydrogen-bond donors (Lipinski definition) is 2. The number of anilines is 2. The number of rotatable bonds is 10. The van der Waals surface area contributed by atoms with Crippen LogP contribution in [-0.2, 0) is 4.74 Å². The Balaban J connectivity index is 2.02. The lowest BCUT2D eigenvalue weighted by Gasteiger charge is -2.20. The first kappa shape index (κ1) is 27.8. The Labute approximate surface area is 234 Å². The predicted molar refractivity (Wildman–Crippen MR) is 159 cm³/mol. The third-order valence-electron chi connectivity index (χ3n) is 6.60. The van der Waals surface area contributed by atoms with E-state index in [1.807, 2.05) is 48.6 Å². The van der Waals surface area contributed by atoms with Gasteiger partial charge in [0.25, 0.3) is 5.56 Å². The van der Waals surface area contributed by atoms with E-state index in [4.69, 9.17) is 9.15 Å². The van der Waals surface area contributed by atoms with Crippen LogP contribution < -0.4 is 21.8 Å². The number of methoxy groups -OCH3 is 1. The first-order valence-electron chi connectivity index (χ1n) is 12.4. The fourth-order valence-electron chi connectivity index (χ4n) is 4.50. The molecule has 3 aromatic rings. The van der Waals surface area contributed by atoms with Crippen LogP contribution in [0.4, 0.5) is 15.8 Å². The Kier molecular flexibility index (Phi) is 8.57. The van der Waals surface area contributed by atoms with Crippen molar-refractivity contribution in [2.45, 2.75) is 39.7 Å². The number of nitrogens with zero attached hydrogens (tertiary/aromatic N) is 1. The quantitative estimate of drug-likeness (QED) is 0.160. The van der Waals surface area contributed by atoms with E-state index in [2.05, 4.69) is 17.2 Å². The molecular weight excluding hydrogens is 600 g/mol. The number of allylic oxidation sites excluding steroid dienone is 4. The highest BCUT2D eigenvalue weighted by Crippen LogP contribution is 2.39. The Hall–Kier alpha value is -3.18. The molecule has 9 heteroatoms. The van der Waals surface area contributed by atoms with Crippen LogP contribution in [0.3, 0.4) is 0 Å². The summed E-state index contributed by atoms with van der Waals surface area (Å²) in [5.74, 6) is -0.484. The second kappa shape index (κ2) is 11.7. The van der Waals surface area contributed by atoms with Crippen molar-refractivity contribution in [1.82, 2.24) is 9.88 Å². The lowest BCUT2D eigenvalue weighted by Crippen LogP contribution is -2.26. The van der Waals surface area contributed by atoms with Crippen LogP contribution in [0.1, 0.15) is 42.6 Å². The molecule has 200 valence electrons. The fraction of sp³-hybridized carbons (Fsp3) is 0.310. The van der Waals surface area contributed by atoms with Gasteiger partial charge in [-0.05, 0) is 92.1 Å². The third-order valence-corrected chi connectivity index (χ3v) is 7.28. The summed E-state index contributed by atoms with van der Waals surface area (Å²) >= 11 is 2.03. The van der Waals surface area contributed by atoms with Gasteiger partial charge < -0.3 is 24.4 Å². The zero-order valence-electron chi connectivity index (χ0n) is 21.9. The van der Waals surface area contributed by atoms with Crippen molar-refractivity contribution in [2.75, 3.05) is 25.6 Å². The number of nitrogens with one attached hydrogen (secondary N) is 2. The molecule has 0 unspecified atom stereocenters. The van der Waals surface area contributed by atoms with Crippen LogP contribution in [0.15, 0.2) is 62.7 Å². The molecule has 38 heavy (non-hydrogen) atoms. The fourth-order valence-corrected chi connectivity index (χ4v) is 4.96. The summed E-state index contributed by atoms with van der Waals surface area (Å²) in [5.41, 5.74) is 2.75. The molecular formula is C29H31FIN3O4. The molecule has 0 radical (unpaired) electrons. The van der Waals surface area contributed by atoms with Crippen molar-refractivity contribution < 1.29 is 13.5 Å². The molecule has 1 saturated carbocycles. The first-order chi connectivity index (χ1) is 18.2. The van der Waals surface area contributed by atoms with Crippen LogP contribution in [0.25, 0.3) is 16.5 Å². The van der Waals surface area contributed by atoms with E-state index in [9.17, 15) is 14.0 Å². The van der Waals surface area contributed by atoms with Crippen LogP contribution in [-0.4, -0.2) is 24.8 Å². The van der Waals surface area contributed by atoms with Crippen LogP contribution in [0, 0.1) is 23.2 Å². The van der Waals surface area contributed by atoms with Gasteiger partial charge in [-0.15, -0.1) is 0 Å². The Morgan fingerprint density at radius 1 is 1.32 bits per heavy atom. The van der Waals surface area contributed by atoms with Crippen LogP contribution in [0.2, 0.25) is 0 Å². The summed E-state index contributed by atoms with van der Waals surface area (Å²) in [4.78, 5) is 27.0. The third kappa shape index (κ3) is 5.49. The van der Waals surface area contributed by atoms with E-state index in [-0.39, 0.29) is 39.5 Å². The highest BCUT2D eigenvalue weighted by atomic mass is 127. The van der Waals surface area contributed by atoms with Gasteiger partial charge in [0.2, 0.25) is 0 Å². The van der Waals surface area contributed by atoms with E-state index in [1.54, 1.807) is 36.8 Å². The van der Waals surface area contributed by atoms with E-state index >= 15 is 0 Å². The number of hydrogen-bond acceptors (Lipinski definition) is 6. The highest BCUT2D eigenvalue weighted by Gasteiger charge is 2.31. The number of fused-ring (bicyclic) bond motifs is 1. The minimum atomic E-state index is -0.600. The summed E-state index contributed by atoms with van der Waals surface area (Å²) in [6.07, 6.45) is 7.26. The summed E-state index contributed by atoms with van der Waals surface area (Å²) in [6.45, 7) is 10.3. The molecule has 2 heterocycles. The van der Waals surface area contributed by atoms with Gasteiger partial charge in [-0.2, -0.15) is 0 Å². The van der Waals surface area contributed by atoms with E-state index < -0.39 is 11.4 Å². The molecule has 2 aromatic heterocycles. The number of ether oxygens (including phenoxy) is 1. The van der Waals surface area contributed by atoms with Crippen molar-refractivity contribution in [2.24, 2.45) is 0 Å². The highest BCUT2D eigenvalue weighted by molar-refractivity contribution is 14.1. The topological polar surface area (TPSA) is 85.5 Å². The smallest absolute Gasteiger partial charge is 0.341 e. The maximum Gasteiger partial charge on any atom is 0.341 e. The summed E-state index contributed by atoms with van der Waals surface area (Å²) in [6, 6.07) is 4.79. The Morgan fingerprint density at radius 2 is 2.05 bits per heavy atom. The molecule has 7 nitrogen and oxygen atoms in total. The molecule has 0 bridgehead atoms. The molecule has 1 aliphatic rings. The molecule has 0 amide bonds. The number of benzene rings is 1. The Bertz CT molecular complexity index is 1580. The van der Waals surface area contributed by atoms with Crippen LogP contribution >= 0.6 is 22.6 Å². The number of pyridine rings is 1. The first-order valence-corrected chi connectivity index (χ1v) is 13.5. The van der Waals surface area contributed by atoms with Gasteiger partial charge in [-0.1, -0.05) is 12.7 Å². The largest absolute Gasteiger partial charge is 0.421 e. The molecule has 1 aromatic carbocycles. The molecule has 0 saturated heterocycles. The van der Waals surface area contributed by atoms with Crippen molar-refractivity contribution in [1.29, 1.82) is 0 Å². The lowest BCUT2D eigenvalue weighted by atomic mass is 9.98. The predicted octanol–water partition coefficient (Wildman–Crippen LogP) is 6.10. The molecule has 0 aliphatic heterocycles. The van der Waals surface area contributed by atoms with Gasteiger partial charge in [-0.25, -0.2) is 9.18 Å². The van der Waals surface area contributed by atoms with Gasteiger partial charge in [0.05, 0.1) is 23.5 Å². The Morgan fingerprint density at radius 3 is 2.66 bits per heavy atom. The second-order valence-corrected chi connectivity index (χ2v) is 10.4. The molecule has 0 spiro atoms. The number of aromatic nitrogens is 1. The van der Waals surface area contributed by atoms with Crippen molar-refractivity contribution in [3.8, 4) is 0 Å². The average molecular weight is 631 g/mol. The van der Waals surface area contributed by atoms with Gasteiger partial charge in [0.15, 0.2) is 5.58 Å². The van der Waals surface area contributed by atoms with E-state index in [1.165, 1.54) is 6.07 Å². The molecule has 1 fully saturated rings. The normalized spacial score (nSPS) is 14.2. The summed E-state index contributed by atoms with van der Waals surface area (Å²) in [7, 11) is 1.63. The SMILES string of the molecule is C=C/C(=C\C(=C/C)c1c(C)n(C2CC2)c(=O)c2c(Nc3ccc(I)cc3F)c(C)c(=O)oc12)NCCOC. The minimum Gasteiger partial charge on any atom is -0.421 e. The maximum absolute atomic E-state index is 14.8. The standard InChI is InChI=1S/C29H31FIN3O4/c1-6-18(14-20(7-2)32-12-13-37-5)24-17(4)34(21-9-10-21)28(35)25-26(16(3)29(36)38-27(24)25)33-23-11-8-19(31)15-22(23)30/h6-8,11,14-15,21,32-33H,2,9-10,12-13H2,1,3-5H3/b18-6+,20-14+. The van der Waals surface area contributed by atoms with E-state index in [0.717, 1.165) is 27.7 Å².